The first-order chi connectivity index (χ1) is 6.92. The van der Waals surface area contributed by atoms with Crippen molar-refractivity contribution in [2.75, 3.05) is 7.05 Å². The number of aromatic nitrogens is 3. The largest absolute Gasteiger partial charge is 0.347 e. The summed E-state index contributed by atoms with van der Waals surface area (Å²) in [4.78, 5) is 11.4. The summed E-state index contributed by atoms with van der Waals surface area (Å²) < 4.78 is 0. The number of hydrogen-bond donors (Lipinski definition) is 2. The third kappa shape index (κ3) is 1.65. The molecule has 2 aromatic rings. The lowest BCUT2D eigenvalue weighted by Crippen LogP contribution is -2.06. The standard InChI is InChI=1S/C10H12N4/c1-11-6-9-10(14-7-13-9)8-2-4-12-5-3-8/h2-5,7,11H,6H2,1H3,(H,13,14). The maximum absolute atomic E-state index is 4.28. The van der Waals surface area contributed by atoms with E-state index in [4.69, 9.17) is 0 Å². The molecule has 4 nitrogen and oxygen atoms in total. The van der Waals surface area contributed by atoms with Crippen LogP contribution in [0.5, 0.6) is 0 Å². The Balaban J connectivity index is 2.37. The monoisotopic (exact) mass is 188 g/mol. The van der Waals surface area contributed by atoms with E-state index in [9.17, 15) is 0 Å². The molecule has 0 unspecified atom stereocenters. The fourth-order valence-electron chi connectivity index (χ4n) is 1.39. The molecule has 0 aliphatic rings. The van der Waals surface area contributed by atoms with Gasteiger partial charge in [-0.15, -0.1) is 0 Å². The molecule has 0 amide bonds. The Bertz CT molecular complexity index is 394. The number of nitrogens with one attached hydrogen (secondary N) is 2. The van der Waals surface area contributed by atoms with Crippen LogP contribution in [0, 0.1) is 0 Å². The average Bonchev–Trinajstić information content (AvgIpc) is 2.68. The lowest BCUT2D eigenvalue weighted by molar-refractivity contribution is 0.798. The molecule has 14 heavy (non-hydrogen) atoms. The fraction of sp³-hybridized carbons (Fsp3) is 0.200. The van der Waals surface area contributed by atoms with Crippen molar-refractivity contribution < 1.29 is 0 Å². The summed E-state index contributed by atoms with van der Waals surface area (Å²) in [5.74, 6) is 0. The molecule has 2 heterocycles. The molecular formula is C10H12N4. The van der Waals surface area contributed by atoms with Crippen LogP contribution in [0.25, 0.3) is 11.3 Å². The van der Waals surface area contributed by atoms with Crippen LogP contribution in [0.2, 0.25) is 0 Å². The van der Waals surface area contributed by atoms with E-state index in [0.29, 0.717) is 0 Å². The highest BCUT2D eigenvalue weighted by molar-refractivity contribution is 5.60. The minimum Gasteiger partial charge on any atom is -0.347 e. The zero-order valence-corrected chi connectivity index (χ0v) is 7.99. The summed E-state index contributed by atoms with van der Waals surface area (Å²) in [6, 6.07) is 3.91. The minimum atomic E-state index is 0.789. The Morgan fingerprint density at radius 2 is 2.14 bits per heavy atom. The Morgan fingerprint density at radius 1 is 1.36 bits per heavy atom. The van der Waals surface area contributed by atoms with E-state index in [1.165, 1.54) is 0 Å². The van der Waals surface area contributed by atoms with Crippen LogP contribution < -0.4 is 5.32 Å². The number of imidazole rings is 1. The summed E-state index contributed by atoms with van der Waals surface area (Å²) in [5, 5.41) is 3.09. The molecule has 0 spiro atoms. The molecule has 2 N–H and O–H groups in total. The molecule has 0 radical (unpaired) electrons. The van der Waals surface area contributed by atoms with Crippen LogP contribution in [-0.4, -0.2) is 22.0 Å². The molecule has 2 rings (SSSR count). The second kappa shape index (κ2) is 4.02. The maximum Gasteiger partial charge on any atom is 0.0929 e. The highest BCUT2D eigenvalue weighted by atomic mass is 14.9. The number of aromatic amines is 1. The molecular weight excluding hydrogens is 176 g/mol. The minimum absolute atomic E-state index is 0.789. The van der Waals surface area contributed by atoms with E-state index < -0.39 is 0 Å². The lowest BCUT2D eigenvalue weighted by Gasteiger charge is -2.00. The van der Waals surface area contributed by atoms with Crippen molar-refractivity contribution in [1.82, 2.24) is 20.3 Å². The SMILES string of the molecule is CNCc1[nH]cnc1-c1ccncc1. The van der Waals surface area contributed by atoms with Gasteiger partial charge in [-0.05, 0) is 19.2 Å². The molecule has 0 atom stereocenters. The fourth-order valence-corrected chi connectivity index (χ4v) is 1.39. The van der Waals surface area contributed by atoms with Crippen LogP contribution in [-0.2, 0) is 6.54 Å². The van der Waals surface area contributed by atoms with Crippen molar-refractivity contribution >= 4 is 0 Å². The summed E-state index contributed by atoms with van der Waals surface area (Å²) in [6.07, 6.45) is 5.25. The van der Waals surface area contributed by atoms with Gasteiger partial charge in [-0.3, -0.25) is 4.98 Å². The van der Waals surface area contributed by atoms with Gasteiger partial charge < -0.3 is 10.3 Å². The first-order valence-electron chi connectivity index (χ1n) is 4.49. The smallest absolute Gasteiger partial charge is 0.0929 e. The molecule has 0 saturated carbocycles. The van der Waals surface area contributed by atoms with Crippen LogP contribution in [0.1, 0.15) is 5.69 Å². The predicted molar refractivity (Wildman–Crippen MR) is 54.6 cm³/mol. The molecule has 0 aliphatic heterocycles. The Morgan fingerprint density at radius 3 is 2.86 bits per heavy atom. The molecule has 0 saturated heterocycles. The molecule has 4 heteroatoms. The first kappa shape index (κ1) is 8.90. The topological polar surface area (TPSA) is 53.6 Å². The van der Waals surface area contributed by atoms with Crippen molar-refractivity contribution in [2.45, 2.75) is 6.54 Å². The van der Waals surface area contributed by atoms with Crippen molar-refractivity contribution in [2.24, 2.45) is 0 Å². The summed E-state index contributed by atoms with van der Waals surface area (Å²) in [6.45, 7) is 0.789. The number of H-pyrrole nitrogens is 1. The quantitative estimate of drug-likeness (QED) is 0.760. The molecule has 72 valence electrons. The van der Waals surface area contributed by atoms with Crippen molar-refractivity contribution in [3.8, 4) is 11.3 Å². The highest BCUT2D eigenvalue weighted by Gasteiger charge is 2.06. The average molecular weight is 188 g/mol. The maximum atomic E-state index is 4.28. The second-order valence-corrected chi connectivity index (χ2v) is 3.00. The normalized spacial score (nSPS) is 10.4. The van der Waals surface area contributed by atoms with Gasteiger partial charge in [-0.1, -0.05) is 0 Å². The lowest BCUT2D eigenvalue weighted by atomic mass is 10.1. The van der Waals surface area contributed by atoms with Gasteiger partial charge in [0.1, 0.15) is 0 Å². The summed E-state index contributed by atoms with van der Waals surface area (Å²) in [7, 11) is 1.91. The third-order valence-electron chi connectivity index (χ3n) is 2.03. The van der Waals surface area contributed by atoms with Crippen LogP contribution in [0.3, 0.4) is 0 Å². The van der Waals surface area contributed by atoms with Gasteiger partial charge in [0.05, 0.1) is 17.7 Å². The van der Waals surface area contributed by atoms with Crippen LogP contribution in [0.15, 0.2) is 30.9 Å². The van der Waals surface area contributed by atoms with Crippen molar-refractivity contribution in [3.05, 3.63) is 36.5 Å². The number of hydrogen-bond acceptors (Lipinski definition) is 3. The van der Waals surface area contributed by atoms with Crippen molar-refractivity contribution in [1.29, 1.82) is 0 Å². The number of pyridine rings is 1. The second-order valence-electron chi connectivity index (χ2n) is 3.00. The zero-order valence-electron chi connectivity index (χ0n) is 7.99. The van der Waals surface area contributed by atoms with Gasteiger partial charge in [-0.2, -0.15) is 0 Å². The van der Waals surface area contributed by atoms with E-state index in [1.54, 1.807) is 18.7 Å². The molecule has 0 bridgehead atoms. The van der Waals surface area contributed by atoms with Crippen LogP contribution in [0.4, 0.5) is 0 Å². The van der Waals surface area contributed by atoms with E-state index >= 15 is 0 Å². The van der Waals surface area contributed by atoms with Gasteiger partial charge in [0, 0.05) is 24.5 Å². The van der Waals surface area contributed by atoms with Gasteiger partial charge >= 0.3 is 0 Å². The van der Waals surface area contributed by atoms with E-state index in [0.717, 1.165) is 23.5 Å². The summed E-state index contributed by atoms with van der Waals surface area (Å²) in [5.41, 5.74) is 3.17. The Hall–Kier alpha value is -1.68. The van der Waals surface area contributed by atoms with Gasteiger partial charge in [0.2, 0.25) is 0 Å². The van der Waals surface area contributed by atoms with Gasteiger partial charge in [0.25, 0.3) is 0 Å². The molecule has 0 aliphatic carbocycles. The van der Waals surface area contributed by atoms with Crippen molar-refractivity contribution in [3.63, 3.8) is 0 Å². The number of nitrogens with zero attached hydrogens (tertiary/aromatic N) is 2. The summed E-state index contributed by atoms with van der Waals surface area (Å²) >= 11 is 0. The van der Waals surface area contributed by atoms with Gasteiger partial charge in [-0.25, -0.2) is 4.98 Å². The molecule has 0 fully saturated rings. The van der Waals surface area contributed by atoms with Gasteiger partial charge in [0.15, 0.2) is 0 Å². The molecule has 0 aromatic carbocycles. The third-order valence-corrected chi connectivity index (χ3v) is 2.03. The zero-order chi connectivity index (χ0) is 9.80. The van der Waals surface area contributed by atoms with E-state index in [1.807, 2.05) is 19.2 Å². The number of rotatable bonds is 3. The molecule has 2 aromatic heterocycles. The Kier molecular flexibility index (Phi) is 2.55. The Labute approximate surface area is 82.4 Å². The van der Waals surface area contributed by atoms with Crippen LogP contribution >= 0.6 is 0 Å². The predicted octanol–water partition coefficient (Wildman–Crippen LogP) is 1.19. The highest BCUT2D eigenvalue weighted by Crippen LogP contribution is 2.18. The van der Waals surface area contributed by atoms with E-state index in [2.05, 4.69) is 20.3 Å². The first-order valence-corrected chi connectivity index (χ1v) is 4.49. The van der Waals surface area contributed by atoms with E-state index in [-0.39, 0.29) is 0 Å².